The summed E-state index contributed by atoms with van der Waals surface area (Å²) in [4.78, 5) is 4.41. The molecule has 1 aliphatic rings. The smallest absolute Gasteiger partial charge is 0.377 e. The normalized spacial score (nSPS) is 18.1. The van der Waals surface area contributed by atoms with E-state index in [9.17, 15) is 13.2 Å². The molecule has 1 unspecified atom stereocenters. The Labute approximate surface area is 121 Å². The van der Waals surface area contributed by atoms with Gasteiger partial charge in [-0.1, -0.05) is 6.07 Å². The van der Waals surface area contributed by atoms with Crippen LogP contribution < -0.4 is 5.32 Å². The lowest BCUT2D eigenvalue weighted by Crippen LogP contribution is -2.18. The van der Waals surface area contributed by atoms with Gasteiger partial charge in [0.2, 0.25) is 0 Å². The number of fused-ring (bicyclic) bond motifs is 1. The number of aryl methyl sites for hydroxylation is 1. The molecule has 0 saturated carbocycles. The molecule has 0 saturated heterocycles. The lowest BCUT2D eigenvalue weighted by atomic mass is 9.92. The predicted octanol–water partition coefficient (Wildman–Crippen LogP) is 4.59. The highest BCUT2D eigenvalue weighted by Gasteiger charge is 2.30. The van der Waals surface area contributed by atoms with Gasteiger partial charge in [0.25, 0.3) is 0 Å². The van der Waals surface area contributed by atoms with Crippen molar-refractivity contribution in [3.8, 4) is 0 Å². The largest absolute Gasteiger partial charge is 0.416 e. The Bertz CT molecular complexity index is 620. The van der Waals surface area contributed by atoms with Gasteiger partial charge in [-0.15, -0.1) is 0 Å². The van der Waals surface area contributed by atoms with Crippen molar-refractivity contribution in [3.05, 3.63) is 59.4 Å². The first kappa shape index (κ1) is 13.9. The molecule has 2 aromatic rings. The van der Waals surface area contributed by atoms with E-state index < -0.39 is 11.7 Å². The van der Waals surface area contributed by atoms with E-state index in [1.54, 1.807) is 6.20 Å². The van der Waals surface area contributed by atoms with Crippen LogP contribution in [0.25, 0.3) is 0 Å². The Morgan fingerprint density at radius 3 is 2.57 bits per heavy atom. The van der Waals surface area contributed by atoms with Crippen molar-refractivity contribution >= 4 is 5.69 Å². The van der Waals surface area contributed by atoms with Crippen LogP contribution in [0.5, 0.6) is 0 Å². The fraction of sp³-hybridized carbons (Fsp3) is 0.312. The fourth-order valence-electron chi connectivity index (χ4n) is 2.71. The van der Waals surface area contributed by atoms with Crippen molar-refractivity contribution in [1.29, 1.82) is 0 Å². The molecular formula is C16H15F3N2. The zero-order valence-corrected chi connectivity index (χ0v) is 11.3. The monoisotopic (exact) mass is 292 g/mol. The molecule has 0 spiro atoms. The zero-order valence-electron chi connectivity index (χ0n) is 11.3. The number of hydrogen-bond acceptors (Lipinski definition) is 2. The number of anilines is 1. The maximum Gasteiger partial charge on any atom is 0.416 e. The second-order valence-electron chi connectivity index (χ2n) is 5.21. The van der Waals surface area contributed by atoms with Gasteiger partial charge in [0, 0.05) is 11.9 Å². The van der Waals surface area contributed by atoms with Gasteiger partial charge in [0.05, 0.1) is 17.3 Å². The first-order valence-electron chi connectivity index (χ1n) is 6.91. The van der Waals surface area contributed by atoms with Gasteiger partial charge >= 0.3 is 6.18 Å². The number of nitrogens with one attached hydrogen (secondary N) is 1. The molecule has 0 bridgehead atoms. The van der Waals surface area contributed by atoms with Crippen LogP contribution in [0.3, 0.4) is 0 Å². The topological polar surface area (TPSA) is 24.9 Å². The summed E-state index contributed by atoms with van der Waals surface area (Å²) in [5.41, 5.74) is 2.28. The molecule has 1 aromatic carbocycles. The van der Waals surface area contributed by atoms with Crippen molar-refractivity contribution in [2.75, 3.05) is 5.32 Å². The Morgan fingerprint density at radius 2 is 1.86 bits per heavy atom. The molecule has 0 fully saturated rings. The summed E-state index contributed by atoms with van der Waals surface area (Å²) in [7, 11) is 0. The van der Waals surface area contributed by atoms with Crippen LogP contribution in [0.2, 0.25) is 0 Å². The molecule has 21 heavy (non-hydrogen) atoms. The van der Waals surface area contributed by atoms with Crippen LogP contribution in [0.15, 0.2) is 42.6 Å². The van der Waals surface area contributed by atoms with Crippen LogP contribution in [0.4, 0.5) is 18.9 Å². The Kier molecular flexibility index (Phi) is 3.57. The van der Waals surface area contributed by atoms with Gasteiger partial charge in [-0.2, -0.15) is 13.2 Å². The molecule has 2 nitrogen and oxygen atoms in total. The Morgan fingerprint density at radius 1 is 1.10 bits per heavy atom. The van der Waals surface area contributed by atoms with Gasteiger partial charge in [-0.25, -0.2) is 0 Å². The molecular weight excluding hydrogens is 277 g/mol. The average molecular weight is 292 g/mol. The second kappa shape index (κ2) is 5.39. The molecule has 0 amide bonds. The van der Waals surface area contributed by atoms with Crippen molar-refractivity contribution in [2.45, 2.75) is 31.5 Å². The number of pyridine rings is 1. The first-order valence-corrected chi connectivity index (χ1v) is 6.91. The molecule has 1 N–H and O–H groups in total. The van der Waals surface area contributed by atoms with E-state index in [-0.39, 0.29) is 6.04 Å². The average Bonchev–Trinajstić information content (AvgIpc) is 2.47. The van der Waals surface area contributed by atoms with Gasteiger partial charge in [-0.3, -0.25) is 4.98 Å². The summed E-state index contributed by atoms with van der Waals surface area (Å²) in [5, 5.41) is 3.29. The van der Waals surface area contributed by atoms with Crippen molar-refractivity contribution in [3.63, 3.8) is 0 Å². The number of hydrogen-bond donors (Lipinski definition) is 1. The lowest BCUT2D eigenvalue weighted by molar-refractivity contribution is -0.137. The van der Waals surface area contributed by atoms with Gasteiger partial charge in [0.15, 0.2) is 0 Å². The molecule has 0 radical (unpaired) electrons. The molecule has 1 heterocycles. The van der Waals surface area contributed by atoms with Crippen molar-refractivity contribution in [1.82, 2.24) is 4.98 Å². The summed E-state index contributed by atoms with van der Waals surface area (Å²) in [5.74, 6) is 0. The van der Waals surface area contributed by atoms with Crippen LogP contribution in [0, 0.1) is 0 Å². The van der Waals surface area contributed by atoms with E-state index in [0.29, 0.717) is 5.69 Å². The first-order chi connectivity index (χ1) is 10.0. The zero-order chi connectivity index (χ0) is 14.9. The Balaban J connectivity index is 1.79. The summed E-state index contributed by atoms with van der Waals surface area (Å²) < 4.78 is 37.6. The standard InChI is InChI=1S/C16H15F3N2/c17-16(18,19)12-6-8-13(9-7-12)21-14-5-1-3-11-4-2-10-20-15(11)14/h2,4,6-10,14,21H,1,3,5H2. The van der Waals surface area contributed by atoms with Crippen LogP contribution in [-0.2, 0) is 12.6 Å². The van der Waals surface area contributed by atoms with E-state index in [2.05, 4.69) is 16.4 Å². The number of nitrogens with zero attached hydrogens (tertiary/aromatic N) is 1. The molecule has 3 rings (SSSR count). The minimum atomic E-state index is -4.29. The SMILES string of the molecule is FC(F)(F)c1ccc(NC2CCCc3cccnc32)cc1. The predicted molar refractivity (Wildman–Crippen MR) is 75.0 cm³/mol. The van der Waals surface area contributed by atoms with E-state index in [4.69, 9.17) is 0 Å². The van der Waals surface area contributed by atoms with Crippen molar-refractivity contribution < 1.29 is 13.2 Å². The quantitative estimate of drug-likeness (QED) is 0.875. The molecule has 110 valence electrons. The van der Waals surface area contributed by atoms with Gasteiger partial charge < -0.3 is 5.32 Å². The highest BCUT2D eigenvalue weighted by Crippen LogP contribution is 2.33. The highest BCUT2D eigenvalue weighted by molar-refractivity contribution is 5.47. The number of halogens is 3. The van der Waals surface area contributed by atoms with E-state index in [1.165, 1.54) is 17.7 Å². The van der Waals surface area contributed by atoms with Crippen LogP contribution in [-0.4, -0.2) is 4.98 Å². The third-order valence-corrected chi connectivity index (χ3v) is 3.75. The minimum Gasteiger partial charge on any atom is -0.377 e. The Hall–Kier alpha value is -2.04. The molecule has 1 atom stereocenters. The fourth-order valence-corrected chi connectivity index (χ4v) is 2.71. The summed E-state index contributed by atoms with van der Waals surface area (Å²) in [6, 6.07) is 9.18. The van der Waals surface area contributed by atoms with Crippen LogP contribution in [0.1, 0.15) is 35.7 Å². The van der Waals surface area contributed by atoms with Crippen molar-refractivity contribution in [2.24, 2.45) is 0 Å². The second-order valence-corrected chi connectivity index (χ2v) is 5.21. The number of alkyl halides is 3. The molecule has 1 aromatic heterocycles. The highest BCUT2D eigenvalue weighted by atomic mass is 19.4. The van der Waals surface area contributed by atoms with Gasteiger partial charge in [-0.05, 0) is 55.2 Å². The molecule has 1 aliphatic carbocycles. The maximum absolute atomic E-state index is 12.5. The van der Waals surface area contributed by atoms with E-state index >= 15 is 0 Å². The third-order valence-electron chi connectivity index (χ3n) is 3.75. The maximum atomic E-state index is 12.5. The van der Waals surface area contributed by atoms with E-state index in [0.717, 1.165) is 37.1 Å². The minimum absolute atomic E-state index is 0.0617. The number of aromatic nitrogens is 1. The summed E-state index contributed by atoms with van der Waals surface area (Å²) in [6.45, 7) is 0. The molecule has 5 heteroatoms. The van der Waals surface area contributed by atoms with Crippen LogP contribution >= 0.6 is 0 Å². The van der Waals surface area contributed by atoms with Gasteiger partial charge in [0.1, 0.15) is 0 Å². The molecule has 0 aliphatic heterocycles. The number of benzene rings is 1. The summed E-state index contributed by atoms with van der Waals surface area (Å²) in [6.07, 6.45) is 0.458. The third kappa shape index (κ3) is 3.01. The number of rotatable bonds is 2. The lowest BCUT2D eigenvalue weighted by Gasteiger charge is -2.26. The summed E-state index contributed by atoms with van der Waals surface area (Å²) >= 11 is 0. The van der Waals surface area contributed by atoms with E-state index in [1.807, 2.05) is 6.07 Å².